The van der Waals surface area contributed by atoms with Crippen LogP contribution in [0.1, 0.15) is 59.3 Å². The largest absolute Gasteiger partial charge is 0.444 e. The van der Waals surface area contributed by atoms with Gasteiger partial charge in [-0.25, -0.2) is 4.79 Å². The second-order valence-corrected chi connectivity index (χ2v) is 7.26. The predicted molar refractivity (Wildman–Crippen MR) is 89.1 cm³/mol. The second kappa shape index (κ2) is 10.1. The maximum Gasteiger partial charge on any atom is 0.407 e. The summed E-state index contributed by atoms with van der Waals surface area (Å²) in [6, 6.07) is 0.365. The van der Waals surface area contributed by atoms with Gasteiger partial charge in [-0.1, -0.05) is 12.8 Å². The van der Waals surface area contributed by atoms with E-state index in [1.807, 2.05) is 20.8 Å². The summed E-state index contributed by atoms with van der Waals surface area (Å²) in [5.74, 6) is 1.00. The number of nitrogens with one attached hydrogen (secondary N) is 2. The first-order valence-electron chi connectivity index (χ1n) is 8.60. The van der Waals surface area contributed by atoms with E-state index in [0.717, 1.165) is 31.9 Å². The van der Waals surface area contributed by atoms with Gasteiger partial charge in [0.2, 0.25) is 0 Å². The Hall–Kier alpha value is -0.810. The monoisotopic (exact) mass is 314 g/mol. The quantitative estimate of drug-likeness (QED) is 0.575. The Morgan fingerprint density at radius 1 is 1.23 bits per heavy atom. The highest BCUT2D eigenvalue weighted by atomic mass is 16.6. The highest BCUT2D eigenvalue weighted by Crippen LogP contribution is 2.33. The molecular formula is C17H34N2O3. The Morgan fingerprint density at radius 2 is 1.95 bits per heavy atom. The van der Waals surface area contributed by atoms with Crippen LogP contribution in [0.15, 0.2) is 0 Å². The summed E-state index contributed by atoms with van der Waals surface area (Å²) in [5, 5.41) is 6.36. The van der Waals surface area contributed by atoms with Gasteiger partial charge < -0.3 is 20.1 Å². The van der Waals surface area contributed by atoms with Crippen LogP contribution in [0.5, 0.6) is 0 Å². The van der Waals surface area contributed by atoms with E-state index in [4.69, 9.17) is 9.47 Å². The highest BCUT2D eigenvalue weighted by Gasteiger charge is 2.20. The molecule has 1 unspecified atom stereocenters. The fraction of sp³-hybridized carbons (Fsp3) is 0.941. The zero-order chi connectivity index (χ0) is 16.4. The Labute approximate surface area is 135 Å². The van der Waals surface area contributed by atoms with Crippen LogP contribution in [-0.2, 0) is 9.47 Å². The van der Waals surface area contributed by atoms with E-state index in [2.05, 4.69) is 10.6 Å². The lowest BCUT2D eigenvalue weighted by Gasteiger charge is -2.20. The first-order valence-corrected chi connectivity index (χ1v) is 8.60. The van der Waals surface area contributed by atoms with Crippen LogP contribution in [0.2, 0.25) is 0 Å². The molecule has 1 atom stereocenters. The third kappa shape index (κ3) is 10.9. The van der Waals surface area contributed by atoms with Crippen molar-refractivity contribution in [3.63, 3.8) is 0 Å². The molecule has 0 aromatic carbocycles. The number of alkyl carbamates (subject to hydrolysis) is 1. The van der Waals surface area contributed by atoms with Crippen molar-refractivity contribution in [3.8, 4) is 0 Å². The van der Waals surface area contributed by atoms with Crippen molar-refractivity contribution in [2.45, 2.75) is 70.9 Å². The molecule has 0 spiro atoms. The number of carbonyl (C=O) groups is 1. The third-order valence-corrected chi connectivity index (χ3v) is 3.68. The minimum absolute atomic E-state index is 0.340. The molecule has 130 valence electrons. The van der Waals surface area contributed by atoms with E-state index >= 15 is 0 Å². The van der Waals surface area contributed by atoms with Crippen molar-refractivity contribution < 1.29 is 14.3 Å². The Morgan fingerprint density at radius 3 is 2.55 bits per heavy atom. The third-order valence-electron chi connectivity index (χ3n) is 3.68. The number of methoxy groups -OCH3 is 1. The molecule has 2 N–H and O–H groups in total. The number of ether oxygens (including phenoxy) is 2. The molecule has 1 aliphatic rings. The molecule has 0 saturated heterocycles. The zero-order valence-corrected chi connectivity index (χ0v) is 14.7. The van der Waals surface area contributed by atoms with Crippen LogP contribution >= 0.6 is 0 Å². The molecular weight excluding hydrogens is 280 g/mol. The van der Waals surface area contributed by atoms with Crippen molar-refractivity contribution in [2.24, 2.45) is 5.92 Å². The summed E-state index contributed by atoms with van der Waals surface area (Å²) < 4.78 is 10.5. The van der Waals surface area contributed by atoms with Gasteiger partial charge >= 0.3 is 6.09 Å². The summed E-state index contributed by atoms with van der Waals surface area (Å²) in [6.45, 7) is 8.02. The van der Waals surface area contributed by atoms with Crippen molar-refractivity contribution >= 4 is 6.09 Å². The summed E-state index contributed by atoms with van der Waals surface area (Å²) in [7, 11) is 1.73. The van der Waals surface area contributed by atoms with E-state index in [9.17, 15) is 4.79 Å². The molecule has 1 amide bonds. The van der Waals surface area contributed by atoms with Gasteiger partial charge in [0.1, 0.15) is 5.60 Å². The lowest BCUT2D eigenvalue weighted by atomic mass is 10.1. The lowest BCUT2D eigenvalue weighted by Crippen LogP contribution is -2.36. The molecule has 22 heavy (non-hydrogen) atoms. The molecule has 0 bridgehead atoms. The second-order valence-electron chi connectivity index (χ2n) is 7.26. The highest BCUT2D eigenvalue weighted by molar-refractivity contribution is 5.67. The first-order chi connectivity index (χ1) is 10.4. The molecule has 1 fully saturated rings. The number of amides is 1. The van der Waals surface area contributed by atoms with Gasteiger partial charge in [-0.05, 0) is 58.9 Å². The van der Waals surface area contributed by atoms with Crippen LogP contribution in [0, 0.1) is 5.92 Å². The maximum absolute atomic E-state index is 11.5. The maximum atomic E-state index is 11.5. The normalized spacial score (nSPS) is 16.4. The smallest absolute Gasteiger partial charge is 0.407 e. The lowest BCUT2D eigenvalue weighted by molar-refractivity contribution is 0.0526. The van der Waals surface area contributed by atoms with Crippen LogP contribution < -0.4 is 10.6 Å². The van der Waals surface area contributed by atoms with Gasteiger partial charge in [0.15, 0.2) is 0 Å². The molecule has 0 aromatic heterocycles. The SMILES string of the molecule is COCC(CCCNC(=O)OC(C)(C)C)NCCCC1CC1. The van der Waals surface area contributed by atoms with E-state index in [-0.39, 0.29) is 6.09 Å². The fourth-order valence-electron chi connectivity index (χ4n) is 2.40. The molecule has 0 radical (unpaired) electrons. The van der Waals surface area contributed by atoms with Crippen molar-refractivity contribution in [3.05, 3.63) is 0 Å². The average molecular weight is 314 g/mol. The number of hydrogen-bond donors (Lipinski definition) is 2. The topological polar surface area (TPSA) is 59.6 Å². The Balaban J connectivity index is 2.05. The van der Waals surface area contributed by atoms with Crippen LogP contribution in [0.3, 0.4) is 0 Å². The molecule has 0 aliphatic heterocycles. The van der Waals surface area contributed by atoms with Crippen molar-refractivity contribution in [1.82, 2.24) is 10.6 Å². The fourth-order valence-corrected chi connectivity index (χ4v) is 2.40. The average Bonchev–Trinajstić information content (AvgIpc) is 3.21. The number of carbonyl (C=O) groups excluding carboxylic acids is 1. The van der Waals surface area contributed by atoms with E-state index < -0.39 is 5.60 Å². The molecule has 0 heterocycles. The standard InChI is InChI=1S/C17H34N2O3/c1-17(2,3)22-16(20)19-12-6-8-15(13-21-4)18-11-5-7-14-9-10-14/h14-15,18H,5-13H2,1-4H3,(H,19,20). The van der Waals surface area contributed by atoms with Crippen LogP contribution in [-0.4, -0.2) is 44.5 Å². The number of rotatable bonds is 11. The molecule has 0 aromatic rings. The van der Waals surface area contributed by atoms with Gasteiger partial charge in [-0.2, -0.15) is 0 Å². The Kier molecular flexibility index (Phi) is 8.79. The number of hydrogen-bond acceptors (Lipinski definition) is 4. The zero-order valence-electron chi connectivity index (χ0n) is 14.7. The van der Waals surface area contributed by atoms with Crippen LogP contribution in [0.4, 0.5) is 4.79 Å². The first kappa shape index (κ1) is 19.2. The molecule has 1 rings (SSSR count). The molecule has 5 nitrogen and oxygen atoms in total. The molecule has 1 aliphatic carbocycles. The minimum Gasteiger partial charge on any atom is -0.444 e. The summed E-state index contributed by atoms with van der Waals surface area (Å²) in [6.07, 6.45) is 7.03. The summed E-state index contributed by atoms with van der Waals surface area (Å²) >= 11 is 0. The van der Waals surface area contributed by atoms with E-state index in [1.54, 1.807) is 7.11 Å². The molecule has 5 heteroatoms. The Bertz CT molecular complexity index is 312. The van der Waals surface area contributed by atoms with Gasteiger partial charge in [0.05, 0.1) is 6.61 Å². The van der Waals surface area contributed by atoms with Crippen molar-refractivity contribution in [1.29, 1.82) is 0 Å². The van der Waals surface area contributed by atoms with Gasteiger partial charge in [0, 0.05) is 19.7 Å². The van der Waals surface area contributed by atoms with E-state index in [1.165, 1.54) is 25.7 Å². The van der Waals surface area contributed by atoms with Gasteiger partial charge in [0.25, 0.3) is 0 Å². The minimum atomic E-state index is -0.439. The predicted octanol–water partition coefficient (Wildman–Crippen LogP) is 3.09. The van der Waals surface area contributed by atoms with Crippen molar-refractivity contribution in [2.75, 3.05) is 26.8 Å². The summed E-state index contributed by atoms with van der Waals surface area (Å²) in [5.41, 5.74) is -0.439. The van der Waals surface area contributed by atoms with Gasteiger partial charge in [-0.15, -0.1) is 0 Å². The molecule has 1 saturated carbocycles. The van der Waals surface area contributed by atoms with E-state index in [0.29, 0.717) is 12.6 Å². The summed E-state index contributed by atoms with van der Waals surface area (Å²) in [4.78, 5) is 11.5. The van der Waals surface area contributed by atoms with Gasteiger partial charge in [-0.3, -0.25) is 0 Å². The van der Waals surface area contributed by atoms with Crippen LogP contribution in [0.25, 0.3) is 0 Å².